The van der Waals surface area contributed by atoms with Crippen LogP contribution in [-0.4, -0.2) is 69.6 Å². The Morgan fingerprint density at radius 1 is 0.971 bits per heavy atom. The van der Waals surface area contributed by atoms with Crippen LogP contribution in [0.4, 0.5) is 0 Å². The van der Waals surface area contributed by atoms with Crippen LogP contribution in [-0.2, 0) is 11.3 Å². The molecule has 2 heterocycles. The number of thioether (sulfide) groups is 1. The maximum atomic E-state index is 12.8. The number of ether oxygens (including phenoxy) is 1. The van der Waals surface area contributed by atoms with Crippen LogP contribution >= 0.6 is 11.8 Å². The molecule has 0 saturated carbocycles. The summed E-state index contributed by atoms with van der Waals surface area (Å²) in [6.45, 7) is 4.04. The molecule has 180 valence electrons. The van der Waals surface area contributed by atoms with E-state index in [9.17, 15) is 4.79 Å². The van der Waals surface area contributed by atoms with E-state index in [4.69, 9.17) is 10.6 Å². The van der Waals surface area contributed by atoms with Crippen LogP contribution in [0.25, 0.3) is 22.2 Å². The van der Waals surface area contributed by atoms with E-state index in [0.717, 1.165) is 44.0 Å². The number of benzene rings is 3. The Morgan fingerprint density at radius 2 is 1.71 bits per heavy atom. The largest absolute Gasteiger partial charge is 0.497 e. The second kappa shape index (κ2) is 10.4. The number of nitrogens with two attached hydrogens (primary N) is 1. The van der Waals surface area contributed by atoms with Crippen molar-refractivity contribution in [3.8, 4) is 17.1 Å². The van der Waals surface area contributed by atoms with E-state index < -0.39 is 0 Å². The van der Waals surface area contributed by atoms with Crippen LogP contribution in [0.15, 0.2) is 71.9 Å². The van der Waals surface area contributed by atoms with Crippen molar-refractivity contribution in [2.45, 2.75) is 11.7 Å². The van der Waals surface area contributed by atoms with Gasteiger partial charge in [-0.15, -0.1) is 10.2 Å². The van der Waals surface area contributed by atoms with Gasteiger partial charge in [0.15, 0.2) is 5.82 Å². The minimum Gasteiger partial charge on any atom is -0.497 e. The van der Waals surface area contributed by atoms with Crippen molar-refractivity contribution in [2.75, 3.05) is 44.9 Å². The van der Waals surface area contributed by atoms with Gasteiger partial charge in [0.05, 0.1) is 12.9 Å². The predicted molar refractivity (Wildman–Crippen MR) is 139 cm³/mol. The third kappa shape index (κ3) is 5.11. The normalized spacial score (nSPS) is 14.4. The van der Waals surface area contributed by atoms with E-state index in [1.54, 1.807) is 7.11 Å². The van der Waals surface area contributed by atoms with Crippen molar-refractivity contribution in [1.29, 1.82) is 0 Å². The first kappa shape index (κ1) is 23.2. The van der Waals surface area contributed by atoms with Gasteiger partial charge in [0.2, 0.25) is 11.1 Å². The van der Waals surface area contributed by atoms with Crippen molar-refractivity contribution >= 4 is 28.4 Å². The van der Waals surface area contributed by atoms with Crippen LogP contribution in [0, 0.1) is 0 Å². The van der Waals surface area contributed by atoms with E-state index in [2.05, 4.69) is 57.6 Å². The monoisotopic (exact) mass is 488 g/mol. The summed E-state index contributed by atoms with van der Waals surface area (Å²) in [5.41, 5.74) is 2.16. The number of amides is 1. The molecule has 3 aromatic carbocycles. The van der Waals surface area contributed by atoms with Gasteiger partial charge in [-0.25, -0.2) is 4.68 Å². The van der Waals surface area contributed by atoms with Crippen LogP contribution in [0.2, 0.25) is 0 Å². The molecular formula is C26H28N6O2S. The number of hydrogen-bond acceptors (Lipinski definition) is 7. The summed E-state index contributed by atoms with van der Waals surface area (Å²) in [7, 11) is 1.62. The smallest absolute Gasteiger partial charge is 0.233 e. The van der Waals surface area contributed by atoms with Crippen molar-refractivity contribution in [2.24, 2.45) is 0 Å². The Labute approximate surface area is 208 Å². The Bertz CT molecular complexity index is 1310. The van der Waals surface area contributed by atoms with E-state index in [-0.39, 0.29) is 11.7 Å². The second-order valence-corrected chi connectivity index (χ2v) is 9.43. The molecule has 1 aliphatic heterocycles. The zero-order chi connectivity index (χ0) is 24.2. The molecule has 1 fully saturated rings. The number of carbonyl (C=O) groups is 1. The Kier molecular flexibility index (Phi) is 6.87. The lowest BCUT2D eigenvalue weighted by molar-refractivity contribution is -0.130. The first-order valence-electron chi connectivity index (χ1n) is 11.6. The van der Waals surface area contributed by atoms with Crippen molar-refractivity contribution < 1.29 is 9.53 Å². The molecule has 8 nitrogen and oxygen atoms in total. The minimum atomic E-state index is 0.0915. The topological polar surface area (TPSA) is 89.5 Å². The van der Waals surface area contributed by atoms with Crippen LogP contribution < -0.4 is 10.6 Å². The Morgan fingerprint density at radius 3 is 2.49 bits per heavy atom. The summed E-state index contributed by atoms with van der Waals surface area (Å²) in [4.78, 5) is 17.2. The molecule has 0 radical (unpaired) electrons. The van der Waals surface area contributed by atoms with Gasteiger partial charge < -0.3 is 15.5 Å². The molecule has 1 amide bonds. The number of rotatable bonds is 7. The number of nitrogen functional groups attached to an aromatic ring is 1. The van der Waals surface area contributed by atoms with E-state index in [1.807, 2.05) is 29.2 Å². The third-order valence-corrected chi connectivity index (χ3v) is 7.26. The molecule has 1 aromatic heterocycles. The van der Waals surface area contributed by atoms with Crippen molar-refractivity contribution in [3.05, 3.63) is 72.3 Å². The van der Waals surface area contributed by atoms with Gasteiger partial charge in [-0.2, -0.15) is 0 Å². The van der Waals surface area contributed by atoms with Gasteiger partial charge in [0.25, 0.3) is 0 Å². The molecule has 1 aliphatic rings. The SMILES string of the molecule is COc1ccc(-c2nnc(SCC(=O)N3CCN(Cc4cccc5ccccc45)CC3)n2N)cc1. The van der Waals surface area contributed by atoms with Gasteiger partial charge in [-0.05, 0) is 40.6 Å². The number of methoxy groups -OCH3 is 1. The van der Waals surface area contributed by atoms with Crippen LogP contribution in [0.5, 0.6) is 5.75 Å². The minimum absolute atomic E-state index is 0.0915. The van der Waals surface area contributed by atoms with Crippen LogP contribution in [0.1, 0.15) is 5.56 Å². The molecule has 4 aromatic rings. The summed E-state index contributed by atoms with van der Waals surface area (Å²) in [6, 6.07) is 22.4. The molecule has 5 rings (SSSR count). The summed E-state index contributed by atoms with van der Waals surface area (Å²) < 4.78 is 6.63. The fourth-order valence-corrected chi connectivity index (χ4v) is 5.12. The summed E-state index contributed by atoms with van der Waals surface area (Å²) in [6.07, 6.45) is 0. The fourth-order valence-electron chi connectivity index (χ4n) is 4.36. The van der Waals surface area contributed by atoms with Gasteiger partial charge in [0.1, 0.15) is 5.75 Å². The molecule has 1 saturated heterocycles. The summed E-state index contributed by atoms with van der Waals surface area (Å²) in [5.74, 6) is 7.88. The number of aromatic nitrogens is 3. The second-order valence-electron chi connectivity index (χ2n) is 8.49. The fraction of sp³-hybridized carbons (Fsp3) is 0.269. The average molecular weight is 489 g/mol. The quantitative estimate of drug-likeness (QED) is 0.315. The molecular weight excluding hydrogens is 460 g/mol. The highest BCUT2D eigenvalue weighted by molar-refractivity contribution is 7.99. The van der Waals surface area contributed by atoms with E-state index in [1.165, 1.54) is 32.8 Å². The molecule has 2 N–H and O–H groups in total. The zero-order valence-corrected chi connectivity index (χ0v) is 20.4. The maximum absolute atomic E-state index is 12.8. The molecule has 0 aliphatic carbocycles. The zero-order valence-electron chi connectivity index (χ0n) is 19.6. The average Bonchev–Trinajstić information content (AvgIpc) is 3.28. The molecule has 0 spiro atoms. The lowest BCUT2D eigenvalue weighted by Crippen LogP contribution is -2.48. The highest BCUT2D eigenvalue weighted by atomic mass is 32.2. The lowest BCUT2D eigenvalue weighted by Gasteiger charge is -2.35. The first-order valence-corrected chi connectivity index (χ1v) is 12.6. The standard InChI is InChI=1S/C26H28N6O2S/c1-34-22-11-9-20(10-12-22)25-28-29-26(32(25)27)35-18-24(33)31-15-13-30(14-16-31)17-21-7-4-6-19-5-2-3-8-23(19)21/h2-12H,13-18,27H2,1H3. The van der Waals surface area contributed by atoms with Crippen molar-refractivity contribution in [3.63, 3.8) is 0 Å². The molecule has 35 heavy (non-hydrogen) atoms. The lowest BCUT2D eigenvalue weighted by atomic mass is 10.0. The molecule has 0 bridgehead atoms. The van der Waals surface area contributed by atoms with E-state index >= 15 is 0 Å². The number of nitrogens with zero attached hydrogens (tertiary/aromatic N) is 5. The van der Waals surface area contributed by atoms with Gasteiger partial charge >= 0.3 is 0 Å². The summed E-state index contributed by atoms with van der Waals surface area (Å²) in [5, 5.41) is 11.4. The molecule has 0 atom stereocenters. The summed E-state index contributed by atoms with van der Waals surface area (Å²) >= 11 is 1.31. The number of piperazine rings is 1. The molecule has 0 unspecified atom stereocenters. The van der Waals surface area contributed by atoms with Gasteiger partial charge in [0, 0.05) is 38.3 Å². The van der Waals surface area contributed by atoms with Crippen LogP contribution in [0.3, 0.4) is 0 Å². The van der Waals surface area contributed by atoms with Gasteiger partial charge in [-0.3, -0.25) is 9.69 Å². The third-order valence-electron chi connectivity index (χ3n) is 6.34. The molecule has 9 heteroatoms. The van der Waals surface area contributed by atoms with Crippen molar-refractivity contribution in [1.82, 2.24) is 24.7 Å². The number of carbonyl (C=O) groups excluding carboxylic acids is 1. The highest BCUT2D eigenvalue weighted by Gasteiger charge is 2.22. The number of fused-ring (bicyclic) bond motifs is 1. The Hall–Kier alpha value is -3.56. The first-order chi connectivity index (χ1) is 17.1. The Balaban J connectivity index is 1.14. The van der Waals surface area contributed by atoms with Gasteiger partial charge in [-0.1, -0.05) is 54.2 Å². The van der Waals surface area contributed by atoms with E-state index in [0.29, 0.717) is 11.0 Å². The highest BCUT2D eigenvalue weighted by Crippen LogP contribution is 2.24. The number of hydrogen-bond donors (Lipinski definition) is 1. The maximum Gasteiger partial charge on any atom is 0.233 e. The predicted octanol–water partition coefficient (Wildman–Crippen LogP) is 3.26.